The highest BCUT2D eigenvalue weighted by atomic mass is 32.2. The Morgan fingerprint density at radius 3 is 2.36 bits per heavy atom. The van der Waals surface area contributed by atoms with Crippen LogP contribution in [0.15, 0.2) is 0 Å². The zero-order valence-electron chi connectivity index (χ0n) is 7.59. The summed E-state index contributed by atoms with van der Waals surface area (Å²) >= 11 is 0. The lowest BCUT2D eigenvalue weighted by Crippen LogP contribution is -2.38. The van der Waals surface area contributed by atoms with Gasteiger partial charge < -0.3 is 10.2 Å². The van der Waals surface area contributed by atoms with Crippen LogP contribution < -0.4 is 0 Å². The summed E-state index contributed by atoms with van der Waals surface area (Å²) in [5.74, 6) is -2.27. The molecule has 82 valence electrons. The number of aliphatic hydroxyl groups is 1. The number of aliphatic hydroxyl groups excluding tert-OH is 1. The summed E-state index contributed by atoms with van der Waals surface area (Å²) in [6.07, 6.45) is 1.50. The van der Waals surface area contributed by atoms with E-state index in [0.29, 0.717) is 0 Å². The molecule has 7 heteroatoms. The molecule has 0 aliphatic heterocycles. The molecule has 0 aromatic carbocycles. The Hall–Kier alpha value is -0.660. The third kappa shape index (κ3) is 2.93. The lowest BCUT2D eigenvalue weighted by atomic mass is 10.6. The van der Waals surface area contributed by atoms with Gasteiger partial charge in [-0.3, -0.25) is 4.79 Å². The minimum Gasteiger partial charge on any atom is -0.480 e. The van der Waals surface area contributed by atoms with E-state index in [0.717, 1.165) is 17.1 Å². The van der Waals surface area contributed by atoms with Gasteiger partial charge in [-0.1, -0.05) is 0 Å². The summed E-state index contributed by atoms with van der Waals surface area (Å²) in [6, 6.07) is -0.105. The Morgan fingerprint density at radius 1 is 1.43 bits per heavy atom. The summed E-state index contributed by atoms with van der Waals surface area (Å²) < 4.78 is 24.0. The van der Waals surface area contributed by atoms with Crippen LogP contribution in [0.2, 0.25) is 0 Å². The minimum atomic E-state index is -3.75. The Labute approximate surface area is 82.2 Å². The quantitative estimate of drug-likeness (QED) is 0.593. The number of carboxylic acids is 1. The predicted molar refractivity (Wildman–Crippen MR) is 48.2 cm³/mol. The number of hydrogen-bond donors (Lipinski definition) is 2. The van der Waals surface area contributed by atoms with Crippen molar-refractivity contribution >= 4 is 16.0 Å². The van der Waals surface area contributed by atoms with Gasteiger partial charge in [0.2, 0.25) is 10.0 Å². The van der Waals surface area contributed by atoms with E-state index in [-0.39, 0.29) is 19.2 Å². The first-order valence-electron chi connectivity index (χ1n) is 4.29. The molecule has 6 nitrogen and oxygen atoms in total. The summed E-state index contributed by atoms with van der Waals surface area (Å²) in [5.41, 5.74) is 0. The van der Waals surface area contributed by atoms with Gasteiger partial charge in [-0.15, -0.1) is 0 Å². The number of rotatable bonds is 6. The van der Waals surface area contributed by atoms with E-state index in [4.69, 9.17) is 10.2 Å². The van der Waals surface area contributed by atoms with Crippen molar-refractivity contribution < 1.29 is 23.4 Å². The van der Waals surface area contributed by atoms with Crippen molar-refractivity contribution in [2.24, 2.45) is 0 Å². The molecule has 0 spiro atoms. The van der Waals surface area contributed by atoms with Crippen molar-refractivity contribution in [3.8, 4) is 0 Å². The average Bonchev–Trinajstić information content (AvgIpc) is 2.79. The fraction of sp³-hybridized carbons (Fsp3) is 0.857. The Balaban J connectivity index is 2.69. The van der Waals surface area contributed by atoms with Crippen LogP contribution in [-0.4, -0.2) is 53.9 Å². The molecule has 1 rings (SSSR count). The fourth-order valence-electron chi connectivity index (χ4n) is 1.25. The van der Waals surface area contributed by atoms with Crippen LogP contribution >= 0.6 is 0 Å². The lowest BCUT2D eigenvalue weighted by molar-refractivity contribution is -0.134. The number of sulfonamides is 1. The smallest absolute Gasteiger partial charge is 0.320 e. The molecule has 14 heavy (non-hydrogen) atoms. The molecule has 0 saturated heterocycles. The zero-order chi connectivity index (χ0) is 10.8. The lowest BCUT2D eigenvalue weighted by Gasteiger charge is -2.19. The van der Waals surface area contributed by atoms with E-state index < -0.39 is 21.7 Å². The van der Waals surface area contributed by atoms with E-state index >= 15 is 0 Å². The molecule has 1 aliphatic rings. The van der Waals surface area contributed by atoms with Gasteiger partial charge in [0.1, 0.15) is 0 Å². The van der Waals surface area contributed by atoms with E-state index in [9.17, 15) is 13.2 Å². The molecule has 0 radical (unpaired) electrons. The first-order valence-corrected chi connectivity index (χ1v) is 5.90. The maximum absolute atomic E-state index is 11.4. The normalized spacial score (nSPS) is 17.3. The van der Waals surface area contributed by atoms with Gasteiger partial charge in [-0.05, 0) is 12.8 Å². The monoisotopic (exact) mass is 223 g/mol. The molecule has 0 atom stereocenters. The third-order valence-electron chi connectivity index (χ3n) is 1.94. The van der Waals surface area contributed by atoms with E-state index in [1.165, 1.54) is 0 Å². The Kier molecular flexibility index (Phi) is 3.46. The standard InChI is InChI=1S/C7H13NO5S/c9-4-3-8(6-1-2-6)14(12,13)5-7(10)11/h6,9H,1-5H2,(H,10,11). The van der Waals surface area contributed by atoms with Crippen LogP contribution in [0.4, 0.5) is 0 Å². The number of hydrogen-bond acceptors (Lipinski definition) is 4. The molecule has 0 amide bonds. The van der Waals surface area contributed by atoms with Crippen LogP contribution in [0.25, 0.3) is 0 Å². The van der Waals surface area contributed by atoms with Gasteiger partial charge in [0.25, 0.3) is 0 Å². The number of carboxylic acid groups (broad SMARTS) is 1. The van der Waals surface area contributed by atoms with Gasteiger partial charge >= 0.3 is 5.97 Å². The van der Waals surface area contributed by atoms with Gasteiger partial charge in [0.05, 0.1) is 6.61 Å². The SMILES string of the molecule is O=C(O)CS(=O)(=O)N(CCO)C1CC1. The molecule has 0 unspecified atom stereocenters. The van der Waals surface area contributed by atoms with Crippen LogP contribution in [0.5, 0.6) is 0 Å². The molecule has 1 aliphatic carbocycles. The molecule has 2 N–H and O–H groups in total. The average molecular weight is 223 g/mol. The van der Waals surface area contributed by atoms with Crippen molar-refractivity contribution in [3.63, 3.8) is 0 Å². The maximum Gasteiger partial charge on any atom is 0.320 e. The third-order valence-corrected chi connectivity index (χ3v) is 3.74. The highest BCUT2D eigenvalue weighted by Crippen LogP contribution is 2.28. The molecule has 0 bridgehead atoms. The van der Waals surface area contributed by atoms with Gasteiger partial charge in [-0.25, -0.2) is 8.42 Å². The fourth-order valence-corrected chi connectivity index (χ4v) is 2.75. The van der Waals surface area contributed by atoms with E-state index in [1.807, 2.05) is 0 Å². The van der Waals surface area contributed by atoms with E-state index in [1.54, 1.807) is 0 Å². The largest absolute Gasteiger partial charge is 0.480 e. The van der Waals surface area contributed by atoms with Gasteiger partial charge in [0, 0.05) is 12.6 Å². The van der Waals surface area contributed by atoms with E-state index in [2.05, 4.69) is 0 Å². The highest BCUT2D eigenvalue weighted by molar-refractivity contribution is 7.89. The van der Waals surface area contributed by atoms with Crippen molar-refractivity contribution in [3.05, 3.63) is 0 Å². The first kappa shape index (κ1) is 11.4. The predicted octanol–water partition coefficient (Wildman–Crippen LogP) is -1.14. The van der Waals surface area contributed by atoms with Gasteiger partial charge in [-0.2, -0.15) is 4.31 Å². The summed E-state index contributed by atoms with van der Waals surface area (Å²) in [6.45, 7) is -0.296. The van der Waals surface area contributed by atoms with Crippen molar-refractivity contribution in [2.45, 2.75) is 18.9 Å². The number of aliphatic carboxylic acids is 1. The van der Waals surface area contributed by atoms with Crippen molar-refractivity contribution in [2.75, 3.05) is 18.9 Å². The Morgan fingerprint density at radius 2 is 2.00 bits per heavy atom. The second kappa shape index (κ2) is 4.24. The summed E-state index contributed by atoms with van der Waals surface area (Å²) in [4.78, 5) is 10.3. The molecule has 0 heterocycles. The zero-order valence-corrected chi connectivity index (χ0v) is 8.40. The molecular weight excluding hydrogens is 210 g/mol. The second-order valence-corrected chi connectivity index (χ2v) is 5.14. The van der Waals surface area contributed by atoms with Gasteiger partial charge in [0.15, 0.2) is 5.75 Å². The number of nitrogens with zero attached hydrogens (tertiary/aromatic N) is 1. The van der Waals surface area contributed by atoms with Crippen molar-refractivity contribution in [1.82, 2.24) is 4.31 Å². The second-order valence-electron chi connectivity index (χ2n) is 3.22. The maximum atomic E-state index is 11.4. The topological polar surface area (TPSA) is 94.9 Å². The first-order chi connectivity index (χ1) is 6.47. The minimum absolute atomic E-state index is 0.0136. The van der Waals surface area contributed by atoms with Crippen LogP contribution in [0.3, 0.4) is 0 Å². The highest BCUT2D eigenvalue weighted by Gasteiger charge is 2.37. The number of carbonyl (C=O) groups is 1. The van der Waals surface area contributed by atoms with Crippen molar-refractivity contribution in [1.29, 1.82) is 0 Å². The molecule has 1 fully saturated rings. The molecular formula is C7H13NO5S. The summed E-state index contributed by atoms with van der Waals surface area (Å²) in [5, 5.41) is 17.1. The van der Waals surface area contributed by atoms with Crippen LogP contribution in [0, 0.1) is 0 Å². The molecule has 0 aromatic heterocycles. The molecule has 0 aromatic rings. The van der Waals surface area contributed by atoms with Crippen LogP contribution in [-0.2, 0) is 14.8 Å². The summed E-state index contributed by atoms with van der Waals surface area (Å²) in [7, 11) is -3.75. The van der Waals surface area contributed by atoms with Crippen LogP contribution in [0.1, 0.15) is 12.8 Å². The molecule has 1 saturated carbocycles. The Bertz CT molecular complexity index is 308.